The standard InChI is InChI=1S/C11H8BrN5/c12-8-2-1-7-4-16-17(10(7)3-8)9-5-14-11(13)15-6-9/h1-6H,(H2,13,14,15). The Kier molecular flexibility index (Phi) is 2.29. The number of halogens is 1. The molecule has 5 nitrogen and oxygen atoms in total. The number of benzene rings is 1. The first-order valence-electron chi connectivity index (χ1n) is 4.95. The lowest BCUT2D eigenvalue weighted by atomic mass is 10.2. The van der Waals surface area contributed by atoms with Crippen molar-refractivity contribution in [3.8, 4) is 5.69 Å². The normalized spacial score (nSPS) is 10.9. The third-order valence-electron chi connectivity index (χ3n) is 2.44. The lowest BCUT2D eigenvalue weighted by Gasteiger charge is -2.02. The van der Waals surface area contributed by atoms with E-state index in [1.807, 2.05) is 18.2 Å². The van der Waals surface area contributed by atoms with Crippen molar-refractivity contribution < 1.29 is 0 Å². The van der Waals surface area contributed by atoms with Gasteiger partial charge in [0.15, 0.2) is 0 Å². The summed E-state index contributed by atoms with van der Waals surface area (Å²) < 4.78 is 2.78. The van der Waals surface area contributed by atoms with E-state index in [2.05, 4.69) is 31.0 Å². The van der Waals surface area contributed by atoms with Crippen molar-refractivity contribution in [3.05, 3.63) is 41.3 Å². The van der Waals surface area contributed by atoms with Crippen molar-refractivity contribution in [2.45, 2.75) is 0 Å². The van der Waals surface area contributed by atoms with E-state index >= 15 is 0 Å². The fraction of sp³-hybridized carbons (Fsp3) is 0. The zero-order valence-electron chi connectivity index (χ0n) is 8.71. The van der Waals surface area contributed by atoms with Crippen LogP contribution in [0, 0.1) is 0 Å². The molecule has 2 aromatic heterocycles. The van der Waals surface area contributed by atoms with Crippen LogP contribution >= 0.6 is 15.9 Å². The van der Waals surface area contributed by atoms with Crippen LogP contribution in [-0.4, -0.2) is 19.7 Å². The third kappa shape index (κ3) is 1.76. The summed E-state index contributed by atoms with van der Waals surface area (Å²) in [5, 5.41) is 5.37. The summed E-state index contributed by atoms with van der Waals surface area (Å²) in [6.07, 6.45) is 5.10. The Morgan fingerprint density at radius 1 is 1.12 bits per heavy atom. The summed E-state index contributed by atoms with van der Waals surface area (Å²) in [6.45, 7) is 0. The SMILES string of the molecule is Nc1ncc(-n2ncc3ccc(Br)cc32)cn1. The summed E-state index contributed by atoms with van der Waals surface area (Å²) in [6, 6.07) is 5.98. The molecular weight excluding hydrogens is 282 g/mol. The largest absolute Gasteiger partial charge is 0.368 e. The predicted octanol–water partition coefficient (Wildman–Crippen LogP) is 2.16. The molecule has 3 aromatic rings. The molecule has 0 saturated carbocycles. The average Bonchev–Trinajstić information content (AvgIpc) is 2.73. The first-order chi connectivity index (χ1) is 8.24. The molecule has 0 aliphatic carbocycles. The molecule has 0 saturated heterocycles. The topological polar surface area (TPSA) is 69.6 Å². The van der Waals surface area contributed by atoms with Gasteiger partial charge < -0.3 is 5.73 Å². The van der Waals surface area contributed by atoms with Gasteiger partial charge in [-0.05, 0) is 12.1 Å². The van der Waals surface area contributed by atoms with Gasteiger partial charge in [-0.15, -0.1) is 0 Å². The second-order valence-corrected chi connectivity index (χ2v) is 4.47. The number of fused-ring (bicyclic) bond motifs is 1. The molecule has 0 unspecified atom stereocenters. The highest BCUT2D eigenvalue weighted by Crippen LogP contribution is 2.21. The van der Waals surface area contributed by atoms with Crippen molar-refractivity contribution >= 4 is 32.8 Å². The number of nitrogens with two attached hydrogens (primary N) is 1. The van der Waals surface area contributed by atoms with Crippen LogP contribution in [0.3, 0.4) is 0 Å². The van der Waals surface area contributed by atoms with Gasteiger partial charge in [0.05, 0.1) is 24.1 Å². The lowest BCUT2D eigenvalue weighted by molar-refractivity contribution is 0.893. The quantitative estimate of drug-likeness (QED) is 0.745. The van der Waals surface area contributed by atoms with E-state index in [4.69, 9.17) is 5.73 Å². The fourth-order valence-electron chi connectivity index (χ4n) is 1.64. The molecule has 0 aliphatic rings. The van der Waals surface area contributed by atoms with Crippen LogP contribution in [-0.2, 0) is 0 Å². The molecule has 1 aromatic carbocycles. The lowest BCUT2D eigenvalue weighted by Crippen LogP contribution is -2.00. The van der Waals surface area contributed by atoms with Gasteiger partial charge in [-0.3, -0.25) is 0 Å². The molecule has 17 heavy (non-hydrogen) atoms. The minimum Gasteiger partial charge on any atom is -0.368 e. The molecule has 0 bridgehead atoms. The highest BCUT2D eigenvalue weighted by molar-refractivity contribution is 9.10. The van der Waals surface area contributed by atoms with Crippen molar-refractivity contribution in [2.75, 3.05) is 5.73 Å². The van der Waals surface area contributed by atoms with E-state index in [9.17, 15) is 0 Å². The van der Waals surface area contributed by atoms with Gasteiger partial charge in [-0.1, -0.05) is 22.0 Å². The summed E-state index contributed by atoms with van der Waals surface area (Å²) in [4.78, 5) is 7.92. The highest BCUT2D eigenvalue weighted by Gasteiger charge is 2.05. The minimum atomic E-state index is 0.256. The van der Waals surface area contributed by atoms with Gasteiger partial charge in [-0.25, -0.2) is 14.6 Å². The number of hydrogen-bond acceptors (Lipinski definition) is 4. The number of aromatic nitrogens is 4. The second kappa shape index (κ2) is 3.81. The Bertz CT molecular complexity index is 674. The molecule has 0 radical (unpaired) electrons. The maximum absolute atomic E-state index is 5.46. The Morgan fingerprint density at radius 3 is 2.65 bits per heavy atom. The summed E-state index contributed by atoms with van der Waals surface area (Å²) in [5.74, 6) is 0.256. The van der Waals surface area contributed by atoms with Crippen molar-refractivity contribution in [1.29, 1.82) is 0 Å². The summed E-state index contributed by atoms with van der Waals surface area (Å²) in [5.41, 5.74) is 7.24. The number of anilines is 1. The van der Waals surface area contributed by atoms with Gasteiger partial charge in [0.2, 0.25) is 5.95 Å². The minimum absolute atomic E-state index is 0.256. The first kappa shape index (κ1) is 10.2. The smallest absolute Gasteiger partial charge is 0.220 e. The van der Waals surface area contributed by atoms with Crippen molar-refractivity contribution in [2.24, 2.45) is 0 Å². The number of rotatable bonds is 1. The van der Waals surface area contributed by atoms with Crippen LogP contribution in [0.5, 0.6) is 0 Å². The van der Waals surface area contributed by atoms with E-state index in [1.54, 1.807) is 23.3 Å². The predicted molar refractivity (Wildman–Crippen MR) is 68.8 cm³/mol. The zero-order valence-corrected chi connectivity index (χ0v) is 10.3. The molecule has 0 amide bonds. The summed E-state index contributed by atoms with van der Waals surface area (Å²) >= 11 is 3.44. The van der Waals surface area contributed by atoms with E-state index < -0.39 is 0 Å². The Labute approximate surface area is 105 Å². The Balaban J connectivity index is 2.23. The van der Waals surface area contributed by atoms with E-state index in [1.165, 1.54) is 0 Å². The van der Waals surface area contributed by atoms with Gasteiger partial charge >= 0.3 is 0 Å². The molecule has 84 valence electrons. The van der Waals surface area contributed by atoms with Crippen LogP contribution in [0.2, 0.25) is 0 Å². The van der Waals surface area contributed by atoms with Crippen LogP contribution < -0.4 is 5.73 Å². The van der Waals surface area contributed by atoms with Gasteiger partial charge in [0.25, 0.3) is 0 Å². The molecule has 2 heterocycles. The third-order valence-corrected chi connectivity index (χ3v) is 2.93. The van der Waals surface area contributed by atoms with Gasteiger partial charge in [0, 0.05) is 9.86 Å². The second-order valence-electron chi connectivity index (χ2n) is 3.56. The fourth-order valence-corrected chi connectivity index (χ4v) is 1.99. The number of nitrogens with zero attached hydrogens (tertiary/aromatic N) is 4. The van der Waals surface area contributed by atoms with E-state index in [-0.39, 0.29) is 5.95 Å². The van der Waals surface area contributed by atoms with Crippen molar-refractivity contribution in [3.63, 3.8) is 0 Å². The molecule has 3 rings (SSSR count). The number of hydrogen-bond donors (Lipinski definition) is 1. The zero-order chi connectivity index (χ0) is 11.8. The van der Waals surface area contributed by atoms with Crippen LogP contribution in [0.25, 0.3) is 16.6 Å². The van der Waals surface area contributed by atoms with Crippen LogP contribution in [0.1, 0.15) is 0 Å². The van der Waals surface area contributed by atoms with E-state index in [0.717, 1.165) is 21.1 Å². The molecule has 0 aliphatic heterocycles. The maximum atomic E-state index is 5.46. The molecule has 2 N–H and O–H groups in total. The molecular formula is C11H8BrN5. The van der Waals surface area contributed by atoms with Crippen molar-refractivity contribution in [1.82, 2.24) is 19.7 Å². The number of nitrogen functional groups attached to an aromatic ring is 1. The van der Waals surface area contributed by atoms with Crippen LogP contribution in [0.4, 0.5) is 5.95 Å². The van der Waals surface area contributed by atoms with Crippen LogP contribution in [0.15, 0.2) is 41.3 Å². The maximum Gasteiger partial charge on any atom is 0.220 e. The van der Waals surface area contributed by atoms with Gasteiger partial charge in [-0.2, -0.15) is 5.10 Å². The Hall–Kier alpha value is -1.95. The molecule has 0 fully saturated rings. The van der Waals surface area contributed by atoms with E-state index in [0.29, 0.717) is 0 Å². The summed E-state index contributed by atoms with van der Waals surface area (Å²) in [7, 11) is 0. The first-order valence-corrected chi connectivity index (χ1v) is 5.74. The molecule has 0 atom stereocenters. The highest BCUT2D eigenvalue weighted by atomic mass is 79.9. The Morgan fingerprint density at radius 2 is 1.88 bits per heavy atom. The monoisotopic (exact) mass is 289 g/mol. The molecule has 6 heteroatoms. The average molecular weight is 290 g/mol. The van der Waals surface area contributed by atoms with Gasteiger partial charge in [0.1, 0.15) is 5.69 Å². The molecule has 0 spiro atoms.